The quantitative estimate of drug-likeness (QED) is 0.168. The van der Waals surface area contributed by atoms with E-state index in [9.17, 15) is 0 Å². The zero-order valence-corrected chi connectivity index (χ0v) is 33.7. The monoisotopic (exact) mass is 710 g/mol. The fourth-order valence-corrected chi connectivity index (χ4v) is 10.9. The van der Waals surface area contributed by atoms with Crippen LogP contribution in [0, 0.1) is 10.8 Å². The summed E-state index contributed by atoms with van der Waals surface area (Å²) < 4.78 is 0. The van der Waals surface area contributed by atoms with Gasteiger partial charge in [-0.15, -0.1) is 0 Å². The molecule has 0 bridgehead atoms. The molecule has 0 heterocycles. The van der Waals surface area contributed by atoms with Crippen molar-refractivity contribution in [1.82, 2.24) is 0 Å². The van der Waals surface area contributed by atoms with E-state index in [4.69, 9.17) is 0 Å². The second-order valence-electron chi connectivity index (χ2n) is 19.7. The van der Waals surface area contributed by atoms with Crippen LogP contribution in [-0.2, 0) is 11.8 Å². The van der Waals surface area contributed by atoms with Crippen molar-refractivity contribution in [2.75, 3.05) is 0 Å². The van der Waals surface area contributed by atoms with Gasteiger partial charge in [-0.25, -0.2) is 0 Å². The first-order valence-corrected chi connectivity index (χ1v) is 20.5. The SMILES string of the molecule is CC(C)(C)C1=Cc2ccc3cccc4c3c2C(=CC4c2ccc3c(c2)C(C)(C)c2cc(-c4ccc5ccc6c7c5c4CC=C7CC(C(C)(C)C)=C6)ccc2-3)C1. The lowest BCUT2D eigenvalue weighted by Crippen LogP contribution is -2.17. The Morgan fingerprint density at radius 2 is 1.18 bits per heavy atom. The highest BCUT2D eigenvalue weighted by molar-refractivity contribution is 6.06. The molecular weight excluding hydrogens is 661 g/mol. The lowest BCUT2D eigenvalue weighted by Gasteiger charge is -2.34. The summed E-state index contributed by atoms with van der Waals surface area (Å²) in [5.74, 6) is 0.227. The lowest BCUT2D eigenvalue weighted by atomic mass is 9.70. The van der Waals surface area contributed by atoms with Crippen LogP contribution >= 0.6 is 0 Å². The number of benzene rings is 6. The van der Waals surface area contributed by atoms with Crippen molar-refractivity contribution < 1.29 is 0 Å². The molecule has 0 aromatic heterocycles. The normalized spacial score (nSPS) is 18.7. The molecule has 270 valence electrons. The molecule has 0 spiro atoms. The van der Waals surface area contributed by atoms with Gasteiger partial charge in [0.05, 0.1) is 0 Å². The molecule has 0 saturated carbocycles. The molecule has 5 aliphatic rings. The minimum Gasteiger partial charge on any atom is -0.0759 e. The third kappa shape index (κ3) is 4.70. The van der Waals surface area contributed by atoms with Crippen LogP contribution in [0.25, 0.3) is 67.1 Å². The van der Waals surface area contributed by atoms with Gasteiger partial charge in [0.2, 0.25) is 0 Å². The molecule has 0 amide bonds. The molecule has 1 unspecified atom stereocenters. The van der Waals surface area contributed by atoms with E-state index < -0.39 is 0 Å². The fourth-order valence-electron chi connectivity index (χ4n) is 10.9. The highest BCUT2D eigenvalue weighted by Crippen LogP contribution is 2.54. The topological polar surface area (TPSA) is 0 Å². The number of fused-ring (bicyclic) bond motifs is 3. The van der Waals surface area contributed by atoms with E-state index in [1.54, 1.807) is 0 Å². The van der Waals surface area contributed by atoms with Crippen molar-refractivity contribution in [3.05, 3.63) is 164 Å². The maximum absolute atomic E-state index is 2.61. The average Bonchev–Trinajstić information content (AvgIpc) is 3.39. The summed E-state index contributed by atoms with van der Waals surface area (Å²) in [6.45, 7) is 19.0. The summed E-state index contributed by atoms with van der Waals surface area (Å²) in [4.78, 5) is 0. The van der Waals surface area contributed by atoms with Crippen LogP contribution in [0.4, 0.5) is 0 Å². The maximum Gasteiger partial charge on any atom is 0.0282 e. The van der Waals surface area contributed by atoms with Gasteiger partial charge >= 0.3 is 0 Å². The van der Waals surface area contributed by atoms with Gasteiger partial charge in [-0.05, 0) is 141 Å². The molecule has 0 saturated heterocycles. The second kappa shape index (κ2) is 11.0. The van der Waals surface area contributed by atoms with Gasteiger partial charge in [0.25, 0.3) is 0 Å². The van der Waals surface area contributed by atoms with Gasteiger partial charge in [0.1, 0.15) is 0 Å². The number of rotatable bonds is 2. The minimum absolute atomic E-state index is 0.114. The molecule has 1 atom stereocenters. The summed E-state index contributed by atoms with van der Waals surface area (Å²) in [6, 6.07) is 35.9. The standard InChI is InChI=1S/C55H50/c1-53(2,3)39-24-35-15-13-32-16-20-41(45-23-19-37(26-39)49(35)52(32)45)33-17-21-42-43-22-18-34(30-48(43)55(7,8)47(42)29-33)46-28-38-27-40(54(4,5)6)25-36-14-12-31-10-9-11-44(46)51(31)50(36)38/h9-22,24-25,28-30,46H,23,26-27H2,1-8H3. The summed E-state index contributed by atoms with van der Waals surface area (Å²) >= 11 is 0. The summed E-state index contributed by atoms with van der Waals surface area (Å²) in [6.07, 6.45) is 13.2. The molecule has 0 radical (unpaired) electrons. The van der Waals surface area contributed by atoms with Crippen molar-refractivity contribution in [1.29, 1.82) is 0 Å². The predicted molar refractivity (Wildman–Crippen MR) is 236 cm³/mol. The highest BCUT2D eigenvalue weighted by atomic mass is 14.4. The Morgan fingerprint density at radius 3 is 1.89 bits per heavy atom. The number of hydrogen-bond donors (Lipinski definition) is 0. The van der Waals surface area contributed by atoms with E-state index >= 15 is 0 Å². The number of allylic oxidation sites excluding steroid dienone is 6. The Balaban J connectivity index is 1.01. The largest absolute Gasteiger partial charge is 0.0759 e. The Kier molecular flexibility index (Phi) is 6.62. The zero-order valence-electron chi connectivity index (χ0n) is 33.7. The summed E-state index contributed by atoms with van der Waals surface area (Å²) in [7, 11) is 0. The van der Waals surface area contributed by atoms with Crippen LogP contribution in [0.5, 0.6) is 0 Å². The van der Waals surface area contributed by atoms with E-state index in [1.165, 1.54) is 116 Å². The first-order valence-electron chi connectivity index (χ1n) is 20.5. The third-order valence-corrected chi connectivity index (χ3v) is 14.1. The molecule has 0 heteroatoms. The van der Waals surface area contributed by atoms with Crippen LogP contribution in [0.3, 0.4) is 0 Å². The molecular formula is C55H50. The van der Waals surface area contributed by atoms with Crippen LogP contribution in [0.2, 0.25) is 0 Å². The average molecular weight is 711 g/mol. The lowest BCUT2D eigenvalue weighted by molar-refractivity contribution is 0.498. The Labute approximate surface area is 327 Å². The van der Waals surface area contributed by atoms with E-state index in [2.05, 4.69) is 171 Å². The zero-order chi connectivity index (χ0) is 37.8. The van der Waals surface area contributed by atoms with Gasteiger partial charge in [-0.3, -0.25) is 0 Å². The van der Waals surface area contributed by atoms with Crippen LogP contribution in [0.15, 0.2) is 114 Å². The first-order chi connectivity index (χ1) is 26.3. The maximum atomic E-state index is 2.61. The van der Waals surface area contributed by atoms with Gasteiger partial charge in [0.15, 0.2) is 0 Å². The van der Waals surface area contributed by atoms with E-state index in [1.807, 2.05) is 0 Å². The van der Waals surface area contributed by atoms with Crippen molar-refractivity contribution in [3.63, 3.8) is 0 Å². The Morgan fingerprint density at radius 1 is 0.582 bits per heavy atom. The van der Waals surface area contributed by atoms with Gasteiger partial charge < -0.3 is 0 Å². The van der Waals surface area contributed by atoms with Crippen molar-refractivity contribution in [3.8, 4) is 22.3 Å². The third-order valence-electron chi connectivity index (χ3n) is 14.1. The molecule has 0 aliphatic heterocycles. The fraction of sp³-hybridized carbons (Fsp3) is 0.273. The first kappa shape index (κ1) is 33.2. The molecule has 0 nitrogen and oxygen atoms in total. The van der Waals surface area contributed by atoms with Crippen LogP contribution in [0.1, 0.15) is 124 Å². The van der Waals surface area contributed by atoms with E-state index in [0.717, 1.165) is 19.3 Å². The second-order valence-corrected chi connectivity index (χ2v) is 19.7. The Hall–Kier alpha value is -5.20. The minimum atomic E-state index is -0.114. The van der Waals surface area contributed by atoms with Gasteiger partial charge in [-0.1, -0.05) is 176 Å². The molecule has 5 aliphatic carbocycles. The molecule has 55 heavy (non-hydrogen) atoms. The predicted octanol–water partition coefficient (Wildman–Crippen LogP) is 15.1. The van der Waals surface area contributed by atoms with Gasteiger partial charge in [0, 0.05) is 11.3 Å². The highest BCUT2D eigenvalue weighted by Gasteiger charge is 2.38. The Bertz CT molecular complexity index is 2860. The summed E-state index contributed by atoms with van der Waals surface area (Å²) in [5.41, 5.74) is 24.7. The van der Waals surface area contributed by atoms with E-state index in [0.29, 0.717) is 0 Å². The van der Waals surface area contributed by atoms with Crippen molar-refractivity contribution in [2.45, 2.75) is 86.0 Å². The van der Waals surface area contributed by atoms with E-state index in [-0.39, 0.29) is 22.2 Å². The molecule has 0 fully saturated rings. The number of hydrogen-bond acceptors (Lipinski definition) is 0. The molecule has 0 N–H and O–H groups in total. The van der Waals surface area contributed by atoms with Crippen LogP contribution < -0.4 is 0 Å². The van der Waals surface area contributed by atoms with Crippen molar-refractivity contribution >= 4 is 44.8 Å². The van der Waals surface area contributed by atoms with Crippen LogP contribution in [-0.4, -0.2) is 0 Å². The van der Waals surface area contributed by atoms with Crippen molar-refractivity contribution in [2.24, 2.45) is 10.8 Å². The smallest absolute Gasteiger partial charge is 0.0282 e. The molecule has 11 rings (SSSR count). The molecule has 6 aromatic rings. The van der Waals surface area contributed by atoms with Gasteiger partial charge in [-0.2, -0.15) is 0 Å². The summed E-state index contributed by atoms with van der Waals surface area (Å²) in [5, 5.41) is 5.64. The molecule has 6 aromatic carbocycles.